The molecule has 0 spiro atoms. The Balaban J connectivity index is 2.54. The molecule has 1 heteroatoms. The molecule has 1 rings (SSSR count). The first-order chi connectivity index (χ1) is 6.72. The minimum atomic E-state index is 0.623. The normalized spacial score (nSPS) is 12.8. The summed E-state index contributed by atoms with van der Waals surface area (Å²) < 4.78 is 0. The molecule has 0 aliphatic rings. The Bertz CT molecular complexity index is 266. The Morgan fingerprint density at radius 2 is 1.86 bits per heavy atom. The van der Waals surface area contributed by atoms with Gasteiger partial charge in [-0.15, -0.1) is 0 Å². The second-order valence-electron chi connectivity index (χ2n) is 3.89. The van der Waals surface area contributed by atoms with E-state index in [2.05, 4.69) is 54.0 Å². The molecule has 0 saturated carbocycles. The SMILES string of the molecule is CCCc1cccc(CCC(C)Br)c1. The largest absolute Gasteiger partial charge is 0.0894 e. The van der Waals surface area contributed by atoms with Crippen molar-refractivity contribution in [3.63, 3.8) is 0 Å². The number of aryl methyl sites for hydroxylation is 2. The number of benzene rings is 1. The van der Waals surface area contributed by atoms with Crippen LogP contribution >= 0.6 is 15.9 Å². The topological polar surface area (TPSA) is 0 Å². The van der Waals surface area contributed by atoms with Gasteiger partial charge >= 0.3 is 0 Å². The number of hydrogen-bond acceptors (Lipinski definition) is 0. The fourth-order valence-electron chi connectivity index (χ4n) is 1.59. The lowest BCUT2D eigenvalue weighted by Crippen LogP contribution is -1.95. The van der Waals surface area contributed by atoms with Crippen LogP contribution in [0.15, 0.2) is 24.3 Å². The molecule has 1 unspecified atom stereocenters. The predicted molar refractivity (Wildman–Crippen MR) is 67.1 cm³/mol. The molecule has 0 saturated heterocycles. The van der Waals surface area contributed by atoms with Gasteiger partial charge in [-0.3, -0.25) is 0 Å². The minimum Gasteiger partial charge on any atom is -0.0894 e. The van der Waals surface area contributed by atoms with Crippen molar-refractivity contribution in [1.29, 1.82) is 0 Å². The minimum absolute atomic E-state index is 0.623. The maximum atomic E-state index is 3.58. The summed E-state index contributed by atoms with van der Waals surface area (Å²) in [5, 5.41) is 0. The molecule has 1 atom stereocenters. The van der Waals surface area contributed by atoms with Crippen molar-refractivity contribution in [2.75, 3.05) is 0 Å². The van der Waals surface area contributed by atoms with Crippen LogP contribution in [0.5, 0.6) is 0 Å². The zero-order valence-corrected chi connectivity index (χ0v) is 10.7. The number of rotatable bonds is 5. The molecule has 0 radical (unpaired) electrons. The van der Waals surface area contributed by atoms with Gasteiger partial charge in [0.2, 0.25) is 0 Å². The molecule has 14 heavy (non-hydrogen) atoms. The zero-order chi connectivity index (χ0) is 10.4. The first kappa shape index (κ1) is 11.8. The molecule has 1 aromatic carbocycles. The molecule has 78 valence electrons. The van der Waals surface area contributed by atoms with Gasteiger partial charge in [0, 0.05) is 4.83 Å². The molecule has 0 nitrogen and oxygen atoms in total. The Kier molecular flexibility index (Phi) is 5.24. The summed E-state index contributed by atoms with van der Waals surface area (Å²) in [5.41, 5.74) is 2.95. The van der Waals surface area contributed by atoms with E-state index in [1.54, 1.807) is 0 Å². The van der Waals surface area contributed by atoms with Crippen LogP contribution in [0.2, 0.25) is 0 Å². The molecule has 0 aromatic heterocycles. The van der Waals surface area contributed by atoms with Crippen LogP contribution in [-0.2, 0) is 12.8 Å². The van der Waals surface area contributed by atoms with Crippen LogP contribution in [0.3, 0.4) is 0 Å². The highest BCUT2D eigenvalue weighted by molar-refractivity contribution is 9.09. The predicted octanol–water partition coefficient (Wildman–Crippen LogP) is 4.36. The average Bonchev–Trinajstić information content (AvgIpc) is 2.16. The molecule has 0 aliphatic heterocycles. The highest BCUT2D eigenvalue weighted by Crippen LogP contribution is 2.13. The maximum absolute atomic E-state index is 3.58. The standard InChI is InChI=1S/C13H19Br/c1-3-5-12-6-4-7-13(10-12)9-8-11(2)14/h4,6-7,10-11H,3,5,8-9H2,1-2H3. The van der Waals surface area contributed by atoms with Crippen molar-refractivity contribution in [2.24, 2.45) is 0 Å². The summed E-state index contributed by atoms with van der Waals surface area (Å²) in [6, 6.07) is 8.98. The Labute approximate surface area is 95.9 Å². The summed E-state index contributed by atoms with van der Waals surface area (Å²) in [7, 11) is 0. The van der Waals surface area contributed by atoms with Gasteiger partial charge in [-0.25, -0.2) is 0 Å². The number of halogens is 1. The van der Waals surface area contributed by atoms with Crippen LogP contribution in [0.25, 0.3) is 0 Å². The van der Waals surface area contributed by atoms with Gasteiger partial charge in [-0.1, -0.05) is 60.5 Å². The fourth-order valence-corrected chi connectivity index (χ4v) is 1.82. The van der Waals surface area contributed by atoms with Gasteiger partial charge in [-0.2, -0.15) is 0 Å². The quantitative estimate of drug-likeness (QED) is 0.686. The summed E-state index contributed by atoms with van der Waals surface area (Å²) in [4.78, 5) is 0.623. The van der Waals surface area contributed by atoms with Crippen molar-refractivity contribution in [3.05, 3.63) is 35.4 Å². The number of hydrogen-bond donors (Lipinski definition) is 0. The lowest BCUT2D eigenvalue weighted by Gasteiger charge is -2.05. The summed E-state index contributed by atoms with van der Waals surface area (Å²) in [5.74, 6) is 0. The maximum Gasteiger partial charge on any atom is 0.0120 e. The van der Waals surface area contributed by atoms with Gasteiger partial charge in [0.15, 0.2) is 0 Å². The van der Waals surface area contributed by atoms with Crippen molar-refractivity contribution in [1.82, 2.24) is 0 Å². The van der Waals surface area contributed by atoms with E-state index in [1.165, 1.54) is 36.8 Å². The summed E-state index contributed by atoms with van der Waals surface area (Å²) in [6.07, 6.45) is 4.84. The molecule has 0 amide bonds. The molecule has 0 heterocycles. The highest BCUT2D eigenvalue weighted by Gasteiger charge is 1.99. The van der Waals surface area contributed by atoms with Gasteiger partial charge in [0.1, 0.15) is 0 Å². The third kappa shape index (κ3) is 4.28. The monoisotopic (exact) mass is 254 g/mol. The smallest absolute Gasteiger partial charge is 0.0120 e. The lowest BCUT2D eigenvalue weighted by molar-refractivity contribution is 0.818. The summed E-state index contributed by atoms with van der Waals surface area (Å²) >= 11 is 3.58. The average molecular weight is 255 g/mol. The molecule has 0 bridgehead atoms. The van der Waals surface area contributed by atoms with E-state index in [1.807, 2.05) is 0 Å². The zero-order valence-electron chi connectivity index (χ0n) is 9.09. The first-order valence-electron chi connectivity index (χ1n) is 5.44. The molecule has 0 fully saturated rings. The van der Waals surface area contributed by atoms with Gasteiger partial charge in [0.25, 0.3) is 0 Å². The summed E-state index contributed by atoms with van der Waals surface area (Å²) in [6.45, 7) is 4.43. The molecule has 0 N–H and O–H groups in total. The van der Waals surface area contributed by atoms with Gasteiger partial charge in [0.05, 0.1) is 0 Å². The van der Waals surface area contributed by atoms with Crippen molar-refractivity contribution < 1.29 is 0 Å². The second-order valence-corrected chi connectivity index (χ2v) is 5.45. The van der Waals surface area contributed by atoms with Crippen LogP contribution in [-0.4, -0.2) is 4.83 Å². The van der Waals surface area contributed by atoms with Crippen LogP contribution in [0, 0.1) is 0 Å². The van der Waals surface area contributed by atoms with Gasteiger partial charge in [-0.05, 0) is 30.4 Å². The third-order valence-corrected chi connectivity index (χ3v) is 2.82. The van der Waals surface area contributed by atoms with E-state index >= 15 is 0 Å². The highest BCUT2D eigenvalue weighted by atomic mass is 79.9. The molecule has 1 aromatic rings. The van der Waals surface area contributed by atoms with Crippen molar-refractivity contribution in [2.45, 2.75) is 44.4 Å². The molecule has 0 aliphatic carbocycles. The van der Waals surface area contributed by atoms with Crippen LogP contribution in [0.1, 0.15) is 37.8 Å². The Morgan fingerprint density at radius 3 is 2.43 bits per heavy atom. The Morgan fingerprint density at radius 1 is 1.21 bits per heavy atom. The Hall–Kier alpha value is -0.300. The van der Waals surface area contributed by atoms with E-state index in [0.29, 0.717) is 4.83 Å². The van der Waals surface area contributed by atoms with Gasteiger partial charge < -0.3 is 0 Å². The second kappa shape index (κ2) is 6.23. The van der Waals surface area contributed by atoms with Crippen LogP contribution < -0.4 is 0 Å². The van der Waals surface area contributed by atoms with Crippen molar-refractivity contribution >= 4 is 15.9 Å². The molecular formula is C13H19Br. The first-order valence-corrected chi connectivity index (χ1v) is 6.36. The van der Waals surface area contributed by atoms with E-state index in [4.69, 9.17) is 0 Å². The fraction of sp³-hybridized carbons (Fsp3) is 0.538. The van der Waals surface area contributed by atoms with E-state index in [0.717, 1.165) is 0 Å². The van der Waals surface area contributed by atoms with Crippen molar-refractivity contribution in [3.8, 4) is 0 Å². The molecular weight excluding hydrogens is 236 g/mol. The lowest BCUT2D eigenvalue weighted by atomic mass is 10.0. The number of alkyl halides is 1. The van der Waals surface area contributed by atoms with E-state index < -0.39 is 0 Å². The van der Waals surface area contributed by atoms with Crippen LogP contribution in [0.4, 0.5) is 0 Å². The van der Waals surface area contributed by atoms with E-state index in [9.17, 15) is 0 Å². The third-order valence-electron chi connectivity index (χ3n) is 2.36. The van der Waals surface area contributed by atoms with E-state index in [-0.39, 0.29) is 0 Å².